The summed E-state index contributed by atoms with van der Waals surface area (Å²) in [5.41, 5.74) is 0.392. The van der Waals surface area contributed by atoms with Gasteiger partial charge in [-0.15, -0.1) is 0 Å². The van der Waals surface area contributed by atoms with Crippen LogP contribution in [0.15, 0.2) is 24.5 Å². The molecule has 1 aromatic rings. The molecule has 2 aliphatic heterocycles. The van der Waals surface area contributed by atoms with Crippen molar-refractivity contribution in [2.45, 2.75) is 25.7 Å². The van der Waals surface area contributed by atoms with Crippen molar-refractivity contribution < 1.29 is 9.59 Å². The first-order chi connectivity index (χ1) is 9.71. The number of carbonyl (C=O) groups excluding carboxylic acids is 2. The molecule has 3 rings (SSSR count). The zero-order valence-corrected chi connectivity index (χ0v) is 11.5. The van der Waals surface area contributed by atoms with E-state index in [-0.39, 0.29) is 17.2 Å². The second kappa shape index (κ2) is 5.23. The minimum Gasteiger partial charge on any atom is -0.356 e. The lowest BCUT2D eigenvalue weighted by Gasteiger charge is -2.24. The van der Waals surface area contributed by atoms with Gasteiger partial charge in [0.25, 0.3) is 5.91 Å². The molecule has 3 heterocycles. The first-order valence-corrected chi connectivity index (χ1v) is 7.19. The summed E-state index contributed by atoms with van der Waals surface area (Å²) in [6.45, 7) is 2.15. The number of hydrogen-bond acceptors (Lipinski definition) is 3. The fourth-order valence-corrected chi connectivity index (χ4v) is 3.26. The highest BCUT2D eigenvalue weighted by Crippen LogP contribution is 2.38. The molecule has 106 valence electrons. The molecule has 1 spiro atoms. The molecule has 1 N–H and O–H groups in total. The number of nitrogens with one attached hydrogen (secondary N) is 1. The third-order valence-electron chi connectivity index (χ3n) is 4.51. The van der Waals surface area contributed by atoms with Crippen LogP contribution >= 0.6 is 0 Å². The van der Waals surface area contributed by atoms with Crippen LogP contribution in [0.25, 0.3) is 0 Å². The maximum Gasteiger partial charge on any atom is 0.255 e. The normalized spacial score (nSPS) is 26.4. The number of rotatable bonds is 1. The summed E-state index contributed by atoms with van der Waals surface area (Å²) >= 11 is 0. The predicted molar refractivity (Wildman–Crippen MR) is 74.1 cm³/mol. The smallest absolute Gasteiger partial charge is 0.255 e. The van der Waals surface area contributed by atoms with Gasteiger partial charge < -0.3 is 10.2 Å². The molecule has 5 nitrogen and oxygen atoms in total. The van der Waals surface area contributed by atoms with Crippen LogP contribution in [0.5, 0.6) is 0 Å². The van der Waals surface area contributed by atoms with Gasteiger partial charge in [-0.1, -0.05) is 0 Å². The summed E-state index contributed by atoms with van der Waals surface area (Å²) in [4.78, 5) is 30.3. The van der Waals surface area contributed by atoms with E-state index in [1.807, 2.05) is 4.90 Å². The van der Waals surface area contributed by atoms with Gasteiger partial charge in [0.15, 0.2) is 0 Å². The number of aromatic nitrogens is 1. The number of nitrogens with zero attached hydrogens (tertiary/aromatic N) is 2. The maximum atomic E-state index is 12.4. The molecule has 1 aromatic heterocycles. The molecule has 0 aromatic carbocycles. The zero-order chi connectivity index (χ0) is 14.0. The topological polar surface area (TPSA) is 62.3 Å². The fourth-order valence-electron chi connectivity index (χ4n) is 3.26. The Kier molecular flexibility index (Phi) is 3.42. The molecule has 20 heavy (non-hydrogen) atoms. The summed E-state index contributed by atoms with van der Waals surface area (Å²) in [6.07, 6.45) is 6.71. The minimum atomic E-state index is -0.232. The quantitative estimate of drug-likeness (QED) is 0.836. The second-order valence-corrected chi connectivity index (χ2v) is 5.67. The molecule has 1 atom stereocenters. The van der Waals surface area contributed by atoms with Crippen LogP contribution in [0.3, 0.4) is 0 Å². The highest BCUT2D eigenvalue weighted by molar-refractivity contribution is 5.94. The fraction of sp³-hybridized carbons (Fsp3) is 0.533. The van der Waals surface area contributed by atoms with Gasteiger partial charge in [-0.25, -0.2) is 0 Å². The summed E-state index contributed by atoms with van der Waals surface area (Å²) in [5.74, 6) is 0.196. The number of carbonyl (C=O) groups is 2. The molecular weight excluding hydrogens is 254 g/mol. The molecule has 0 aliphatic carbocycles. The molecule has 5 heteroatoms. The van der Waals surface area contributed by atoms with Gasteiger partial charge in [0.1, 0.15) is 0 Å². The van der Waals surface area contributed by atoms with Gasteiger partial charge in [0.05, 0.1) is 11.0 Å². The van der Waals surface area contributed by atoms with Crippen molar-refractivity contribution in [1.29, 1.82) is 0 Å². The van der Waals surface area contributed by atoms with Crippen LogP contribution in [0, 0.1) is 5.41 Å². The van der Waals surface area contributed by atoms with Gasteiger partial charge in [-0.05, 0) is 37.8 Å². The molecule has 0 saturated carbocycles. The molecule has 0 radical (unpaired) electrons. The Morgan fingerprint density at radius 2 is 2.20 bits per heavy atom. The Hall–Kier alpha value is -1.91. The number of hydrogen-bond donors (Lipinski definition) is 1. The molecule has 2 fully saturated rings. The van der Waals surface area contributed by atoms with Crippen LogP contribution in [-0.4, -0.2) is 41.3 Å². The van der Waals surface area contributed by atoms with Crippen molar-refractivity contribution in [3.63, 3.8) is 0 Å². The van der Waals surface area contributed by atoms with Crippen LogP contribution in [-0.2, 0) is 4.79 Å². The average Bonchev–Trinajstić information content (AvgIpc) is 2.71. The first-order valence-electron chi connectivity index (χ1n) is 7.19. The lowest BCUT2D eigenvalue weighted by atomic mass is 9.79. The monoisotopic (exact) mass is 273 g/mol. The van der Waals surface area contributed by atoms with E-state index >= 15 is 0 Å². The third kappa shape index (κ3) is 2.28. The molecule has 2 saturated heterocycles. The van der Waals surface area contributed by atoms with Crippen LogP contribution in [0.4, 0.5) is 0 Å². The van der Waals surface area contributed by atoms with E-state index in [0.717, 1.165) is 38.8 Å². The van der Waals surface area contributed by atoms with Crippen molar-refractivity contribution in [3.05, 3.63) is 30.1 Å². The van der Waals surface area contributed by atoms with Crippen LogP contribution in [0.1, 0.15) is 36.0 Å². The molecule has 2 amide bonds. The Morgan fingerprint density at radius 3 is 2.90 bits per heavy atom. The van der Waals surface area contributed by atoms with Gasteiger partial charge in [0.2, 0.25) is 5.91 Å². The number of likely N-dealkylation sites (tertiary alicyclic amines) is 1. The van der Waals surface area contributed by atoms with Crippen molar-refractivity contribution in [2.24, 2.45) is 5.41 Å². The lowest BCUT2D eigenvalue weighted by Crippen LogP contribution is -2.35. The lowest BCUT2D eigenvalue weighted by molar-refractivity contribution is -0.128. The SMILES string of the molecule is O=C(c1cccnc1)N1CCC[C@]2(CCNC2=O)CC1. The van der Waals surface area contributed by atoms with E-state index in [0.29, 0.717) is 12.1 Å². The van der Waals surface area contributed by atoms with Crippen molar-refractivity contribution in [1.82, 2.24) is 15.2 Å². The number of amides is 2. The standard InChI is InChI=1S/C15H19N3O2/c19-13(12-3-1-7-16-11-12)18-9-2-4-15(6-10-18)5-8-17-14(15)20/h1,3,7,11H,2,4-6,8-10H2,(H,17,20)/t15-/m0/s1. The predicted octanol–water partition coefficient (Wildman–Crippen LogP) is 1.21. The minimum absolute atomic E-state index is 0.0218. The van der Waals surface area contributed by atoms with Gasteiger partial charge in [0, 0.05) is 32.0 Å². The van der Waals surface area contributed by atoms with Crippen molar-refractivity contribution in [3.8, 4) is 0 Å². The van der Waals surface area contributed by atoms with E-state index < -0.39 is 0 Å². The van der Waals surface area contributed by atoms with Crippen LogP contribution < -0.4 is 5.32 Å². The molecular formula is C15H19N3O2. The summed E-state index contributed by atoms with van der Waals surface area (Å²) in [6, 6.07) is 3.56. The van der Waals surface area contributed by atoms with Crippen molar-refractivity contribution >= 4 is 11.8 Å². The summed E-state index contributed by atoms with van der Waals surface area (Å²) in [5, 5.41) is 2.93. The number of pyridine rings is 1. The Bertz CT molecular complexity index is 517. The van der Waals surface area contributed by atoms with E-state index in [1.165, 1.54) is 0 Å². The van der Waals surface area contributed by atoms with E-state index in [4.69, 9.17) is 0 Å². The molecule has 0 bridgehead atoms. The maximum absolute atomic E-state index is 12.4. The first kappa shape index (κ1) is 13.1. The second-order valence-electron chi connectivity index (χ2n) is 5.67. The van der Waals surface area contributed by atoms with Crippen molar-refractivity contribution in [2.75, 3.05) is 19.6 Å². The summed E-state index contributed by atoms with van der Waals surface area (Å²) < 4.78 is 0. The average molecular weight is 273 g/mol. The zero-order valence-electron chi connectivity index (χ0n) is 11.5. The molecule has 2 aliphatic rings. The van der Waals surface area contributed by atoms with Gasteiger partial charge >= 0.3 is 0 Å². The van der Waals surface area contributed by atoms with E-state index in [9.17, 15) is 9.59 Å². The molecule has 0 unspecified atom stereocenters. The third-order valence-corrected chi connectivity index (χ3v) is 4.51. The van der Waals surface area contributed by atoms with E-state index in [1.54, 1.807) is 24.5 Å². The van der Waals surface area contributed by atoms with E-state index in [2.05, 4.69) is 10.3 Å². The highest BCUT2D eigenvalue weighted by atomic mass is 16.2. The summed E-state index contributed by atoms with van der Waals surface area (Å²) in [7, 11) is 0. The van der Waals surface area contributed by atoms with Gasteiger partial charge in [-0.3, -0.25) is 14.6 Å². The van der Waals surface area contributed by atoms with Gasteiger partial charge in [-0.2, -0.15) is 0 Å². The Balaban J connectivity index is 1.72. The Morgan fingerprint density at radius 1 is 1.30 bits per heavy atom. The van der Waals surface area contributed by atoms with Crippen LogP contribution in [0.2, 0.25) is 0 Å². The highest BCUT2D eigenvalue weighted by Gasteiger charge is 2.43. The largest absolute Gasteiger partial charge is 0.356 e. The Labute approximate surface area is 118 Å².